The van der Waals surface area contributed by atoms with Crippen LogP contribution in [0, 0.1) is 11.6 Å². The Hall–Kier alpha value is -3.79. The molecule has 222 valence electrons. The van der Waals surface area contributed by atoms with Crippen molar-refractivity contribution in [1.29, 1.82) is 0 Å². The molecule has 0 amide bonds. The summed E-state index contributed by atoms with van der Waals surface area (Å²) in [6.45, 7) is 6.02. The molecule has 4 aromatic rings. The average molecular weight is 579 g/mol. The molecule has 1 fully saturated rings. The average Bonchev–Trinajstić information content (AvgIpc) is 3.32. The molecule has 3 aromatic carbocycles. The smallest absolute Gasteiger partial charge is 0.419 e. The molecular weight excluding hydrogens is 542 g/mol. The van der Waals surface area contributed by atoms with E-state index in [0.717, 1.165) is 22.1 Å². The molecule has 5 rings (SSSR count). The highest BCUT2D eigenvalue weighted by Crippen LogP contribution is 2.35. The first-order valence-corrected chi connectivity index (χ1v) is 14.0. The lowest BCUT2D eigenvalue weighted by molar-refractivity contribution is -0.0718. The molecule has 1 aliphatic heterocycles. The Bertz CT molecular complexity index is 1480. The second-order valence-corrected chi connectivity index (χ2v) is 11.6. The first kappa shape index (κ1) is 29.7. The maximum Gasteiger partial charge on any atom is 0.419 e. The molecule has 0 radical (unpaired) electrons. The number of rotatable bonds is 7. The Morgan fingerprint density at radius 2 is 1.67 bits per heavy atom. The number of methoxy groups -OCH3 is 1. The lowest BCUT2D eigenvalue weighted by atomic mass is 9.82. The van der Waals surface area contributed by atoms with Crippen molar-refractivity contribution in [3.05, 3.63) is 101 Å². The number of benzene rings is 3. The maximum absolute atomic E-state index is 13.7. The molecule has 7 nitrogen and oxygen atoms in total. The van der Waals surface area contributed by atoms with Crippen LogP contribution < -0.4 is 10.1 Å². The summed E-state index contributed by atoms with van der Waals surface area (Å²) in [7, 11) is 1.58. The third-order valence-corrected chi connectivity index (χ3v) is 7.50. The van der Waals surface area contributed by atoms with E-state index in [0.29, 0.717) is 24.2 Å². The van der Waals surface area contributed by atoms with Crippen molar-refractivity contribution in [3.63, 3.8) is 0 Å². The van der Waals surface area contributed by atoms with Gasteiger partial charge in [0.15, 0.2) is 0 Å². The van der Waals surface area contributed by atoms with E-state index in [2.05, 4.69) is 5.32 Å². The van der Waals surface area contributed by atoms with Gasteiger partial charge in [0.25, 0.3) is 0 Å². The van der Waals surface area contributed by atoms with Crippen molar-refractivity contribution in [2.45, 2.75) is 63.5 Å². The number of aliphatic hydroxyl groups is 1. The van der Waals surface area contributed by atoms with Crippen LogP contribution in [-0.4, -0.2) is 53.3 Å². The number of aromatic nitrogens is 1. The lowest BCUT2D eigenvalue weighted by Gasteiger charge is -2.38. The van der Waals surface area contributed by atoms with E-state index in [-0.39, 0.29) is 30.2 Å². The Morgan fingerprint density at radius 1 is 1.05 bits per heavy atom. The summed E-state index contributed by atoms with van der Waals surface area (Å²) in [5.41, 5.74) is 2.49. The maximum atomic E-state index is 13.7. The molecule has 2 N–H and O–H groups in total. The highest BCUT2D eigenvalue weighted by molar-refractivity contribution is 5.93. The number of hydrogen-bond donors (Lipinski definition) is 2. The lowest BCUT2D eigenvalue weighted by Crippen LogP contribution is -2.50. The van der Waals surface area contributed by atoms with Gasteiger partial charge in [-0.05, 0) is 79.9 Å². The van der Waals surface area contributed by atoms with Crippen molar-refractivity contribution in [2.75, 3.05) is 13.7 Å². The fraction of sp³-hybridized carbons (Fsp3) is 0.364. The number of ether oxygens (including phenoxy) is 3. The molecule has 9 heteroatoms. The predicted molar refractivity (Wildman–Crippen MR) is 156 cm³/mol. The first-order valence-electron chi connectivity index (χ1n) is 14.0. The Morgan fingerprint density at radius 3 is 2.21 bits per heavy atom. The van der Waals surface area contributed by atoms with Crippen molar-refractivity contribution in [3.8, 4) is 5.75 Å². The number of carbonyl (C=O) groups is 1. The molecular formula is C33H36F2N2O5. The van der Waals surface area contributed by atoms with Gasteiger partial charge in [0.2, 0.25) is 0 Å². The number of nitrogens with one attached hydrogen (secondary N) is 1. The van der Waals surface area contributed by atoms with Crippen LogP contribution in [0.5, 0.6) is 5.75 Å². The highest BCUT2D eigenvalue weighted by atomic mass is 19.1. The third kappa shape index (κ3) is 6.64. The van der Waals surface area contributed by atoms with Crippen LogP contribution in [0.2, 0.25) is 0 Å². The Kier molecular flexibility index (Phi) is 8.63. The molecule has 1 saturated heterocycles. The van der Waals surface area contributed by atoms with Gasteiger partial charge in [-0.3, -0.25) is 4.57 Å². The number of hydrogen-bond acceptors (Lipinski definition) is 6. The minimum Gasteiger partial charge on any atom is -0.497 e. The quantitative estimate of drug-likeness (QED) is 0.274. The first-order chi connectivity index (χ1) is 20.0. The third-order valence-electron chi connectivity index (χ3n) is 7.50. The normalized spacial score (nSPS) is 19.3. The van der Waals surface area contributed by atoms with Gasteiger partial charge in [-0.2, -0.15) is 0 Å². The summed E-state index contributed by atoms with van der Waals surface area (Å²) in [5.74, 6) is -0.365. The number of nitrogens with zero attached hydrogens (tertiary/aromatic N) is 1. The molecule has 3 unspecified atom stereocenters. The van der Waals surface area contributed by atoms with E-state index >= 15 is 0 Å². The summed E-state index contributed by atoms with van der Waals surface area (Å²) in [6, 6.07) is 17.4. The minimum atomic E-state index is -0.749. The topological polar surface area (TPSA) is 82.0 Å². The van der Waals surface area contributed by atoms with Crippen molar-refractivity contribution in [2.24, 2.45) is 0 Å². The van der Waals surface area contributed by atoms with Gasteiger partial charge in [0.1, 0.15) is 23.0 Å². The molecule has 42 heavy (non-hydrogen) atoms. The second-order valence-electron chi connectivity index (χ2n) is 11.6. The number of aliphatic hydroxyl groups excluding tert-OH is 1. The molecule has 0 saturated carbocycles. The molecule has 0 bridgehead atoms. The van der Waals surface area contributed by atoms with Gasteiger partial charge in [-0.1, -0.05) is 24.3 Å². The van der Waals surface area contributed by atoms with Crippen molar-refractivity contribution >= 4 is 17.0 Å². The molecule has 2 heterocycles. The second kappa shape index (κ2) is 12.2. The summed E-state index contributed by atoms with van der Waals surface area (Å²) >= 11 is 0. The Labute approximate surface area is 244 Å². The zero-order valence-corrected chi connectivity index (χ0v) is 24.1. The van der Waals surface area contributed by atoms with Gasteiger partial charge >= 0.3 is 6.09 Å². The van der Waals surface area contributed by atoms with Gasteiger partial charge in [0.05, 0.1) is 37.5 Å². The van der Waals surface area contributed by atoms with Gasteiger partial charge in [-0.15, -0.1) is 0 Å². The molecule has 1 aliphatic rings. The van der Waals surface area contributed by atoms with Gasteiger partial charge in [0, 0.05) is 30.5 Å². The van der Waals surface area contributed by atoms with E-state index in [4.69, 9.17) is 14.2 Å². The SMILES string of the molecule is COc1ccc2c(c1)c(CNC1COC(C(c3ccc(F)cc3)c3ccc(F)cc3)CC1O)cn2C(=O)OC(C)(C)C. The van der Waals surface area contributed by atoms with E-state index in [1.54, 1.807) is 43.6 Å². The number of carbonyl (C=O) groups excluding carboxylic acids is 1. The molecule has 1 aromatic heterocycles. The fourth-order valence-electron chi connectivity index (χ4n) is 5.45. The van der Waals surface area contributed by atoms with Crippen LogP contribution in [0.25, 0.3) is 10.9 Å². The van der Waals surface area contributed by atoms with E-state index < -0.39 is 23.9 Å². The predicted octanol–water partition coefficient (Wildman–Crippen LogP) is 6.15. The molecule has 0 aliphatic carbocycles. The van der Waals surface area contributed by atoms with E-state index in [1.807, 2.05) is 32.9 Å². The Balaban J connectivity index is 1.33. The standard InChI is InChI=1S/C33H36F2N2O5/c1-33(2,3)42-32(39)37-18-22(26-15-25(40-4)13-14-28(26)37)17-36-27-19-41-30(16-29(27)38)31(20-5-9-23(34)10-6-20)21-7-11-24(35)12-8-21/h5-15,18,27,29-31,36,38H,16-17,19H2,1-4H3. The van der Waals surface area contributed by atoms with E-state index in [9.17, 15) is 18.7 Å². The zero-order chi connectivity index (χ0) is 30.0. The van der Waals surface area contributed by atoms with Crippen LogP contribution in [-0.2, 0) is 16.0 Å². The monoisotopic (exact) mass is 578 g/mol. The zero-order valence-electron chi connectivity index (χ0n) is 24.1. The molecule has 3 atom stereocenters. The van der Waals surface area contributed by atoms with Gasteiger partial charge < -0.3 is 24.6 Å². The largest absolute Gasteiger partial charge is 0.497 e. The fourth-order valence-corrected chi connectivity index (χ4v) is 5.45. The highest BCUT2D eigenvalue weighted by Gasteiger charge is 2.36. The van der Waals surface area contributed by atoms with Crippen LogP contribution in [0.4, 0.5) is 13.6 Å². The minimum absolute atomic E-state index is 0.221. The van der Waals surface area contributed by atoms with Crippen molar-refractivity contribution in [1.82, 2.24) is 9.88 Å². The van der Waals surface area contributed by atoms with Crippen LogP contribution in [0.1, 0.15) is 49.8 Å². The summed E-state index contributed by atoms with van der Waals surface area (Å²) in [4.78, 5) is 13.0. The summed E-state index contributed by atoms with van der Waals surface area (Å²) in [6.07, 6.45) is 0.405. The van der Waals surface area contributed by atoms with Crippen molar-refractivity contribution < 1.29 is 32.9 Å². The van der Waals surface area contributed by atoms with Gasteiger partial charge in [-0.25, -0.2) is 13.6 Å². The number of fused-ring (bicyclic) bond motifs is 1. The van der Waals surface area contributed by atoms with E-state index in [1.165, 1.54) is 28.8 Å². The van der Waals surface area contributed by atoms with Crippen LogP contribution in [0.3, 0.4) is 0 Å². The van der Waals surface area contributed by atoms with Crippen LogP contribution in [0.15, 0.2) is 72.9 Å². The summed E-state index contributed by atoms with van der Waals surface area (Å²) < 4.78 is 46.2. The molecule has 0 spiro atoms. The summed E-state index contributed by atoms with van der Waals surface area (Å²) in [5, 5.41) is 15.4. The van der Waals surface area contributed by atoms with Crippen LogP contribution >= 0.6 is 0 Å². The number of halogens is 2.